The van der Waals surface area contributed by atoms with E-state index in [0.717, 1.165) is 6.07 Å². The second-order valence-corrected chi connectivity index (χ2v) is 3.80. The lowest BCUT2D eigenvalue weighted by Gasteiger charge is -2.14. The van der Waals surface area contributed by atoms with E-state index in [9.17, 15) is 9.18 Å². The van der Waals surface area contributed by atoms with Gasteiger partial charge in [-0.3, -0.25) is 10.1 Å². The molecule has 0 aliphatic rings. The summed E-state index contributed by atoms with van der Waals surface area (Å²) >= 11 is 5.60. The first-order valence-corrected chi connectivity index (χ1v) is 5.34. The molecule has 0 bridgehead atoms. The molecule has 94 valence electrons. The first-order chi connectivity index (χ1) is 8.06. The number of nitrogens with one attached hydrogen (secondary N) is 1. The molecule has 0 aromatic heterocycles. The number of benzene rings is 1. The Kier molecular flexibility index (Phi) is 5.34. The normalized spacial score (nSPS) is 12.4. The molecular formula is C11H13ClFNO3. The third-order valence-electron chi connectivity index (χ3n) is 2.18. The molecule has 1 rings (SSSR count). The monoisotopic (exact) mass is 261 g/mol. The third kappa shape index (κ3) is 3.96. The summed E-state index contributed by atoms with van der Waals surface area (Å²) in [5.41, 5.74) is 0.403. The minimum Gasteiger partial charge on any atom is -0.480 e. The Balaban J connectivity index is 2.82. The van der Waals surface area contributed by atoms with Gasteiger partial charge in [-0.25, -0.2) is 4.39 Å². The second kappa shape index (κ2) is 6.54. The van der Waals surface area contributed by atoms with Crippen molar-refractivity contribution in [3.63, 3.8) is 0 Å². The van der Waals surface area contributed by atoms with Crippen LogP contribution in [0.25, 0.3) is 0 Å². The van der Waals surface area contributed by atoms with E-state index in [2.05, 4.69) is 5.32 Å². The van der Waals surface area contributed by atoms with Gasteiger partial charge in [0, 0.05) is 13.7 Å². The Hall–Kier alpha value is -1.17. The SMILES string of the molecule is COCCNC(C(=O)O)c1ccc(F)c(Cl)c1. The molecule has 2 N–H and O–H groups in total. The van der Waals surface area contributed by atoms with Gasteiger partial charge < -0.3 is 9.84 Å². The van der Waals surface area contributed by atoms with Crippen LogP contribution in [-0.4, -0.2) is 31.3 Å². The van der Waals surface area contributed by atoms with Gasteiger partial charge in [0.05, 0.1) is 11.6 Å². The van der Waals surface area contributed by atoms with Gasteiger partial charge in [0.15, 0.2) is 0 Å². The number of carbonyl (C=O) groups is 1. The Morgan fingerprint density at radius 1 is 1.65 bits per heavy atom. The number of hydrogen-bond donors (Lipinski definition) is 2. The maximum atomic E-state index is 13.0. The maximum Gasteiger partial charge on any atom is 0.325 e. The zero-order valence-corrected chi connectivity index (χ0v) is 10.00. The Bertz CT molecular complexity index is 400. The predicted molar refractivity (Wildman–Crippen MR) is 61.7 cm³/mol. The van der Waals surface area contributed by atoms with Crippen molar-refractivity contribution < 1.29 is 19.0 Å². The highest BCUT2D eigenvalue weighted by atomic mass is 35.5. The molecular weight excluding hydrogens is 249 g/mol. The van der Waals surface area contributed by atoms with Crippen molar-refractivity contribution in [1.82, 2.24) is 5.32 Å². The van der Waals surface area contributed by atoms with Crippen LogP contribution in [0.1, 0.15) is 11.6 Å². The first-order valence-electron chi connectivity index (χ1n) is 4.96. The minimum atomic E-state index is -1.05. The van der Waals surface area contributed by atoms with Crippen molar-refractivity contribution in [3.8, 4) is 0 Å². The molecule has 1 aromatic carbocycles. The summed E-state index contributed by atoms with van der Waals surface area (Å²) in [6.45, 7) is 0.765. The molecule has 0 saturated carbocycles. The number of halogens is 2. The fourth-order valence-corrected chi connectivity index (χ4v) is 1.53. The van der Waals surface area contributed by atoms with Crippen molar-refractivity contribution in [2.24, 2.45) is 0 Å². The number of carboxylic acid groups (broad SMARTS) is 1. The zero-order valence-electron chi connectivity index (χ0n) is 9.24. The van der Waals surface area contributed by atoms with Crippen LogP contribution in [0.15, 0.2) is 18.2 Å². The molecule has 4 nitrogen and oxygen atoms in total. The summed E-state index contributed by atoms with van der Waals surface area (Å²) in [6, 6.07) is 2.91. The van der Waals surface area contributed by atoms with E-state index in [4.69, 9.17) is 21.4 Å². The molecule has 0 radical (unpaired) electrons. The van der Waals surface area contributed by atoms with Gasteiger partial charge >= 0.3 is 5.97 Å². The van der Waals surface area contributed by atoms with Crippen molar-refractivity contribution in [1.29, 1.82) is 0 Å². The molecule has 0 heterocycles. The van der Waals surface area contributed by atoms with Crippen LogP contribution in [0, 0.1) is 5.82 Å². The van der Waals surface area contributed by atoms with Crippen molar-refractivity contribution in [2.75, 3.05) is 20.3 Å². The van der Waals surface area contributed by atoms with Gasteiger partial charge in [0.2, 0.25) is 0 Å². The van der Waals surface area contributed by atoms with E-state index >= 15 is 0 Å². The number of methoxy groups -OCH3 is 1. The summed E-state index contributed by atoms with van der Waals surface area (Å²) in [5, 5.41) is 11.7. The average Bonchev–Trinajstić information content (AvgIpc) is 2.28. The summed E-state index contributed by atoms with van der Waals surface area (Å²) in [6.07, 6.45) is 0. The molecule has 17 heavy (non-hydrogen) atoms. The van der Waals surface area contributed by atoms with E-state index in [1.165, 1.54) is 19.2 Å². The number of ether oxygens (including phenoxy) is 1. The summed E-state index contributed by atoms with van der Waals surface area (Å²) < 4.78 is 17.8. The highest BCUT2D eigenvalue weighted by Crippen LogP contribution is 2.21. The number of aliphatic carboxylic acids is 1. The Morgan fingerprint density at radius 2 is 2.35 bits per heavy atom. The quantitative estimate of drug-likeness (QED) is 0.767. The summed E-state index contributed by atoms with van der Waals surface area (Å²) in [7, 11) is 1.52. The van der Waals surface area contributed by atoms with Crippen LogP contribution in [0.3, 0.4) is 0 Å². The Labute approximate surface area is 103 Å². The van der Waals surface area contributed by atoms with E-state index < -0.39 is 17.8 Å². The summed E-state index contributed by atoms with van der Waals surface area (Å²) in [4.78, 5) is 11.1. The molecule has 1 unspecified atom stereocenters. The van der Waals surface area contributed by atoms with Gasteiger partial charge in [-0.1, -0.05) is 17.7 Å². The lowest BCUT2D eigenvalue weighted by atomic mass is 10.1. The van der Waals surface area contributed by atoms with Gasteiger partial charge in [0.1, 0.15) is 11.9 Å². The molecule has 0 spiro atoms. The smallest absolute Gasteiger partial charge is 0.325 e. The molecule has 0 aliphatic heterocycles. The fraction of sp³-hybridized carbons (Fsp3) is 0.364. The van der Waals surface area contributed by atoms with Gasteiger partial charge in [-0.05, 0) is 17.7 Å². The highest BCUT2D eigenvalue weighted by molar-refractivity contribution is 6.30. The highest BCUT2D eigenvalue weighted by Gasteiger charge is 2.19. The summed E-state index contributed by atoms with van der Waals surface area (Å²) in [5.74, 6) is -1.62. The topological polar surface area (TPSA) is 58.6 Å². The Morgan fingerprint density at radius 3 is 2.88 bits per heavy atom. The van der Waals surface area contributed by atoms with E-state index in [1.54, 1.807) is 0 Å². The van der Waals surface area contributed by atoms with Crippen LogP contribution in [0.2, 0.25) is 5.02 Å². The average molecular weight is 262 g/mol. The number of rotatable bonds is 6. The first kappa shape index (κ1) is 13.9. The maximum absolute atomic E-state index is 13.0. The van der Waals surface area contributed by atoms with Gasteiger partial charge in [-0.2, -0.15) is 0 Å². The predicted octanol–water partition coefficient (Wildman–Crippen LogP) is 1.84. The lowest BCUT2D eigenvalue weighted by molar-refractivity contribution is -0.139. The fourth-order valence-electron chi connectivity index (χ4n) is 1.35. The molecule has 1 aromatic rings. The largest absolute Gasteiger partial charge is 0.480 e. The minimum absolute atomic E-state index is 0.0951. The zero-order chi connectivity index (χ0) is 12.8. The lowest BCUT2D eigenvalue weighted by Crippen LogP contribution is -2.31. The van der Waals surface area contributed by atoms with Crippen molar-refractivity contribution in [2.45, 2.75) is 6.04 Å². The van der Waals surface area contributed by atoms with Crippen LogP contribution < -0.4 is 5.32 Å². The van der Waals surface area contributed by atoms with Crippen LogP contribution in [-0.2, 0) is 9.53 Å². The molecule has 1 atom stereocenters. The van der Waals surface area contributed by atoms with Gasteiger partial charge in [-0.15, -0.1) is 0 Å². The number of hydrogen-bond acceptors (Lipinski definition) is 3. The molecule has 0 fully saturated rings. The third-order valence-corrected chi connectivity index (χ3v) is 2.47. The molecule has 0 saturated heterocycles. The number of carboxylic acids is 1. The van der Waals surface area contributed by atoms with Crippen LogP contribution in [0.5, 0.6) is 0 Å². The van der Waals surface area contributed by atoms with Crippen molar-refractivity contribution >= 4 is 17.6 Å². The molecule has 6 heteroatoms. The van der Waals surface area contributed by atoms with Crippen molar-refractivity contribution in [3.05, 3.63) is 34.6 Å². The molecule has 0 amide bonds. The molecule has 0 aliphatic carbocycles. The van der Waals surface area contributed by atoms with E-state index in [1.807, 2.05) is 0 Å². The standard InChI is InChI=1S/C11H13ClFNO3/c1-17-5-4-14-10(11(15)16)7-2-3-9(13)8(12)6-7/h2-3,6,10,14H,4-5H2,1H3,(H,15,16). The van der Waals surface area contributed by atoms with Gasteiger partial charge in [0.25, 0.3) is 0 Å². The van der Waals surface area contributed by atoms with E-state index in [0.29, 0.717) is 18.7 Å². The van der Waals surface area contributed by atoms with Crippen LogP contribution in [0.4, 0.5) is 4.39 Å². The van der Waals surface area contributed by atoms with Crippen LogP contribution >= 0.6 is 11.6 Å². The second-order valence-electron chi connectivity index (χ2n) is 3.39. The van der Waals surface area contributed by atoms with E-state index in [-0.39, 0.29) is 5.02 Å².